The minimum Gasteiger partial charge on any atom is -0.388 e. The van der Waals surface area contributed by atoms with Gasteiger partial charge in [-0.05, 0) is 24.6 Å². The van der Waals surface area contributed by atoms with Gasteiger partial charge in [-0.3, -0.25) is 4.79 Å². The molecule has 0 radical (unpaired) electrons. The van der Waals surface area contributed by atoms with Crippen molar-refractivity contribution < 1.29 is 19.7 Å². The van der Waals surface area contributed by atoms with Crippen molar-refractivity contribution in [2.24, 2.45) is 0 Å². The normalized spacial score (nSPS) is 24.5. The molecule has 1 saturated heterocycles. The maximum Gasteiger partial charge on any atom is 0.246 e. The monoisotopic (exact) mass is 330 g/mol. The second-order valence-corrected chi connectivity index (χ2v) is 5.91. The number of carbonyl (C=O) groups excluding carboxylic acids is 1. The van der Waals surface area contributed by atoms with Gasteiger partial charge in [0.2, 0.25) is 5.91 Å². The molecule has 24 heavy (non-hydrogen) atoms. The van der Waals surface area contributed by atoms with Gasteiger partial charge in [0.25, 0.3) is 0 Å². The largest absolute Gasteiger partial charge is 0.388 e. The molecule has 6 nitrogen and oxygen atoms in total. The van der Waals surface area contributed by atoms with E-state index < -0.39 is 18.2 Å². The highest BCUT2D eigenvalue weighted by Gasteiger charge is 2.36. The number of likely N-dealkylation sites (N-methyl/N-ethyl adjacent to an activating group) is 1. The number of nitrogens with zero attached hydrogens (tertiary/aromatic N) is 1. The van der Waals surface area contributed by atoms with Crippen LogP contribution < -0.4 is 0 Å². The highest BCUT2D eigenvalue weighted by Crippen LogP contribution is 2.20. The second-order valence-electron chi connectivity index (χ2n) is 5.91. The molecular formula is C18H22N2O4. The van der Waals surface area contributed by atoms with Crippen molar-refractivity contribution in [1.29, 1.82) is 0 Å². The molecule has 0 saturated carbocycles. The Morgan fingerprint density at radius 2 is 2.17 bits per heavy atom. The Labute approximate surface area is 140 Å². The Kier molecular flexibility index (Phi) is 4.99. The first-order valence-electron chi connectivity index (χ1n) is 8.10. The van der Waals surface area contributed by atoms with E-state index in [4.69, 9.17) is 4.74 Å². The van der Waals surface area contributed by atoms with Crippen molar-refractivity contribution >= 4 is 22.9 Å². The molecule has 128 valence electrons. The number of hydrogen-bond acceptors (Lipinski definition) is 4. The summed E-state index contributed by atoms with van der Waals surface area (Å²) in [4.78, 5) is 17.2. The van der Waals surface area contributed by atoms with E-state index in [1.807, 2.05) is 37.4 Å². The van der Waals surface area contributed by atoms with Crippen molar-refractivity contribution in [3.63, 3.8) is 0 Å². The predicted molar refractivity (Wildman–Crippen MR) is 91.3 cm³/mol. The smallest absolute Gasteiger partial charge is 0.246 e. The van der Waals surface area contributed by atoms with Crippen molar-refractivity contribution in [3.8, 4) is 0 Å². The SMILES string of the molecule is CCN(C(=O)/C=C/c1c[nH]c2ccccc12)[C@@H]1COC[C@@H](O)[C@H]1O. The highest BCUT2D eigenvalue weighted by atomic mass is 16.5. The molecule has 3 atom stereocenters. The summed E-state index contributed by atoms with van der Waals surface area (Å²) in [5.74, 6) is -0.218. The molecule has 1 amide bonds. The third kappa shape index (κ3) is 3.21. The van der Waals surface area contributed by atoms with E-state index >= 15 is 0 Å². The lowest BCUT2D eigenvalue weighted by Gasteiger charge is -2.38. The lowest BCUT2D eigenvalue weighted by molar-refractivity contribution is -0.151. The van der Waals surface area contributed by atoms with Crippen LogP contribution in [0, 0.1) is 0 Å². The Balaban J connectivity index is 1.77. The summed E-state index contributed by atoms with van der Waals surface area (Å²) in [6, 6.07) is 7.32. The van der Waals surface area contributed by atoms with Crippen molar-refractivity contribution in [2.75, 3.05) is 19.8 Å². The highest BCUT2D eigenvalue weighted by molar-refractivity contribution is 5.96. The fourth-order valence-corrected chi connectivity index (χ4v) is 3.08. The number of para-hydroxylation sites is 1. The van der Waals surface area contributed by atoms with Gasteiger partial charge in [-0.25, -0.2) is 0 Å². The van der Waals surface area contributed by atoms with Gasteiger partial charge in [0, 0.05) is 29.7 Å². The molecule has 6 heteroatoms. The third-order valence-corrected chi connectivity index (χ3v) is 4.42. The van der Waals surface area contributed by atoms with E-state index in [1.165, 1.54) is 11.0 Å². The summed E-state index contributed by atoms with van der Waals surface area (Å²) in [5, 5.41) is 20.9. The predicted octanol–water partition coefficient (Wildman–Crippen LogP) is 1.15. The summed E-state index contributed by atoms with van der Waals surface area (Å²) in [7, 11) is 0. The average Bonchev–Trinajstić information content (AvgIpc) is 3.00. The maximum atomic E-state index is 12.5. The molecule has 1 aliphatic heterocycles. The number of amides is 1. The number of H-pyrrole nitrogens is 1. The second kappa shape index (κ2) is 7.17. The summed E-state index contributed by atoms with van der Waals surface area (Å²) >= 11 is 0. The van der Waals surface area contributed by atoms with Gasteiger partial charge in [-0.1, -0.05) is 18.2 Å². The van der Waals surface area contributed by atoms with Crippen molar-refractivity contribution in [2.45, 2.75) is 25.2 Å². The molecule has 1 aliphatic rings. The molecule has 2 heterocycles. The summed E-state index contributed by atoms with van der Waals surface area (Å²) in [5.41, 5.74) is 1.94. The van der Waals surface area contributed by atoms with Crippen LogP contribution in [0.25, 0.3) is 17.0 Å². The molecule has 0 bridgehead atoms. The fourth-order valence-electron chi connectivity index (χ4n) is 3.08. The first-order valence-corrected chi connectivity index (χ1v) is 8.10. The van der Waals surface area contributed by atoms with Gasteiger partial charge < -0.3 is 24.8 Å². The van der Waals surface area contributed by atoms with Gasteiger partial charge in [0.1, 0.15) is 12.2 Å². The zero-order chi connectivity index (χ0) is 17.1. The summed E-state index contributed by atoms with van der Waals surface area (Å²) in [6.45, 7) is 2.58. The van der Waals surface area contributed by atoms with Crippen LogP contribution in [-0.4, -0.2) is 64.0 Å². The molecular weight excluding hydrogens is 308 g/mol. The molecule has 1 aromatic carbocycles. The number of aromatic nitrogens is 1. The molecule has 1 aromatic heterocycles. The van der Waals surface area contributed by atoms with Gasteiger partial charge in [-0.2, -0.15) is 0 Å². The minimum absolute atomic E-state index is 0.0919. The number of aliphatic hydroxyl groups excluding tert-OH is 2. The number of rotatable bonds is 4. The van der Waals surface area contributed by atoms with Crippen LogP contribution in [0.5, 0.6) is 0 Å². The molecule has 3 rings (SSSR count). The minimum atomic E-state index is -0.996. The number of benzene rings is 1. The number of ether oxygens (including phenoxy) is 1. The molecule has 0 spiro atoms. The summed E-state index contributed by atoms with van der Waals surface area (Å²) in [6.07, 6.45) is 3.14. The topological polar surface area (TPSA) is 85.8 Å². The van der Waals surface area contributed by atoms with E-state index in [0.717, 1.165) is 16.5 Å². The van der Waals surface area contributed by atoms with E-state index in [2.05, 4.69) is 4.98 Å². The van der Waals surface area contributed by atoms with Crippen LogP contribution in [0.4, 0.5) is 0 Å². The maximum absolute atomic E-state index is 12.5. The van der Waals surface area contributed by atoms with Gasteiger partial charge in [0.15, 0.2) is 0 Å². The summed E-state index contributed by atoms with van der Waals surface area (Å²) < 4.78 is 5.27. The standard InChI is InChI=1S/C18H22N2O4/c1-2-20(15-10-24-11-16(21)18(15)23)17(22)8-7-12-9-19-14-6-4-3-5-13(12)14/h3-9,15-16,18-19,21,23H,2,10-11H2,1H3/b8-7+/t15-,16-,18+/m1/s1. The van der Waals surface area contributed by atoms with Crippen LogP contribution in [0.3, 0.4) is 0 Å². The van der Waals surface area contributed by atoms with Crippen LogP contribution in [0.15, 0.2) is 36.5 Å². The first kappa shape index (κ1) is 16.7. The molecule has 3 N–H and O–H groups in total. The fraction of sp³-hybridized carbons (Fsp3) is 0.389. The Hall–Kier alpha value is -2.15. The zero-order valence-corrected chi connectivity index (χ0v) is 13.6. The molecule has 0 unspecified atom stereocenters. The van der Waals surface area contributed by atoms with Crippen LogP contribution in [-0.2, 0) is 9.53 Å². The molecule has 0 aliphatic carbocycles. The third-order valence-electron chi connectivity index (χ3n) is 4.42. The van der Waals surface area contributed by atoms with Gasteiger partial charge in [0.05, 0.1) is 19.3 Å². The lowest BCUT2D eigenvalue weighted by atomic mass is 10.0. The average molecular weight is 330 g/mol. The molecule has 2 aromatic rings. The number of aromatic amines is 1. The van der Waals surface area contributed by atoms with Crippen molar-refractivity contribution in [3.05, 3.63) is 42.1 Å². The van der Waals surface area contributed by atoms with Crippen LogP contribution >= 0.6 is 0 Å². The van der Waals surface area contributed by atoms with E-state index in [1.54, 1.807) is 6.08 Å². The van der Waals surface area contributed by atoms with Gasteiger partial charge >= 0.3 is 0 Å². The Bertz CT molecular complexity index is 739. The van der Waals surface area contributed by atoms with E-state index in [9.17, 15) is 15.0 Å². The quantitative estimate of drug-likeness (QED) is 0.734. The Morgan fingerprint density at radius 1 is 1.38 bits per heavy atom. The van der Waals surface area contributed by atoms with Gasteiger partial charge in [-0.15, -0.1) is 0 Å². The zero-order valence-electron chi connectivity index (χ0n) is 13.6. The number of hydrogen-bond donors (Lipinski definition) is 3. The van der Waals surface area contributed by atoms with E-state index in [-0.39, 0.29) is 19.1 Å². The van der Waals surface area contributed by atoms with Crippen LogP contribution in [0.2, 0.25) is 0 Å². The number of nitrogens with one attached hydrogen (secondary N) is 1. The number of aliphatic hydroxyl groups is 2. The van der Waals surface area contributed by atoms with Crippen molar-refractivity contribution in [1.82, 2.24) is 9.88 Å². The number of carbonyl (C=O) groups is 1. The number of fused-ring (bicyclic) bond motifs is 1. The first-order chi connectivity index (χ1) is 11.6. The Morgan fingerprint density at radius 3 is 2.96 bits per heavy atom. The van der Waals surface area contributed by atoms with Crippen LogP contribution in [0.1, 0.15) is 12.5 Å². The lowest BCUT2D eigenvalue weighted by Crippen LogP contribution is -2.57. The van der Waals surface area contributed by atoms with E-state index in [0.29, 0.717) is 6.54 Å². The molecule has 1 fully saturated rings.